The lowest BCUT2D eigenvalue weighted by Gasteiger charge is -2.01. The maximum atomic E-state index is 11.5. The summed E-state index contributed by atoms with van der Waals surface area (Å²) in [7, 11) is 0. The quantitative estimate of drug-likeness (QED) is 0.1000. The number of carbonyl (C=O) groups excluding carboxylic acids is 1. The molecule has 0 N–H and O–H groups in total. The molecule has 0 saturated carbocycles. The predicted octanol–water partition coefficient (Wildman–Crippen LogP) is 11.9. The van der Waals surface area contributed by atoms with Crippen LogP contribution in [0, 0.1) is 0 Å². The van der Waals surface area contributed by atoms with Crippen molar-refractivity contribution in [3.8, 4) is 39.0 Å². The maximum absolute atomic E-state index is 11.5. The molecule has 0 radical (unpaired) electrons. The summed E-state index contributed by atoms with van der Waals surface area (Å²) < 4.78 is 0. The van der Waals surface area contributed by atoms with Gasteiger partial charge in [0.05, 0.1) is 4.88 Å². The predicted molar refractivity (Wildman–Crippen MR) is 169 cm³/mol. The minimum atomic E-state index is 0.836. The van der Waals surface area contributed by atoms with Gasteiger partial charge in [-0.15, -0.1) is 56.7 Å². The molecular weight excluding hydrogens is 549 g/mol. The van der Waals surface area contributed by atoms with E-state index in [1.165, 1.54) is 95.1 Å². The molecule has 37 heavy (non-hydrogen) atoms. The van der Waals surface area contributed by atoms with E-state index in [0.29, 0.717) is 0 Å². The highest BCUT2D eigenvalue weighted by molar-refractivity contribution is 7.29. The molecule has 0 spiro atoms. The lowest BCUT2D eigenvalue weighted by molar-refractivity contribution is 0.112. The van der Waals surface area contributed by atoms with Crippen LogP contribution in [0.15, 0.2) is 53.9 Å². The highest BCUT2D eigenvalue weighted by atomic mass is 32.1. The molecule has 0 aliphatic rings. The van der Waals surface area contributed by atoms with Gasteiger partial charge in [0.1, 0.15) is 0 Å². The SMILES string of the molecule is CCCCCc1ccsc1-c1ccc(-c2ccc(-c3ccc(-c4sc(C=O)cc4CCCCC)s3)s2)s1. The van der Waals surface area contributed by atoms with Gasteiger partial charge >= 0.3 is 0 Å². The summed E-state index contributed by atoms with van der Waals surface area (Å²) >= 11 is 9.16. The van der Waals surface area contributed by atoms with Crippen LogP contribution < -0.4 is 0 Å². The number of aryl methyl sites for hydroxylation is 2. The van der Waals surface area contributed by atoms with E-state index in [2.05, 4.69) is 67.8 Å². The van der Waals surface area contributed by atoms with E-state index < -0.39 is 0 Å². The van der Waals surface area contributed by atoms with Gasteiger partial charge in [0.2, 0.25) is 0 Å². The number of hydrogen-bond donors (Lipinski definition) is 0. The van der Waals surface area contributed by atoms with Gasteiger partial charge in [0, 0.05) is 39.0 Å². The van der Waals surface area contributed by atoms with Crippen LogP contribution in [0.5, 0.6) is 0 Å². The van der Waals surface area contributed by atoms with Crippen molar-refractivity contribution in [2.75, 3.05) is 0 Å². The highest BCUT2D eigenvalue weighted by Crippen LogP contribution is 2.45. The zero-order chi connectivity index (χ0) is 25.6. The van der Waals surface area contributed by atoms with Crippen LogP contribution in [0.4, 0.5) is 0 Å². The molecule has 5 aromatic rings. The van der Waals surface area contributed by atoms with Crippen LogP contribution in [0.3, 0.4) is 0 Å². The number of carbonyl (C=O) groups is 1. The lowest BCUT2D eigenvalue weighted by Crippen LogP contribution is -1.84. The fourth-order valence-corrected chi connectivity index (χ4v) is 10.1. The van der Waals surface area contributed by atoms with E-state index in [4.69, 9.17) is 0 Å². The molecule has 0 aliphatic carbocycles. The summed E-state index contributed by atoms with van der Waals surface area (Å²) in [6.45, 7) is 4.50. The molecule has 5 aromatic heterocycles. The van der Waals surface area contributed by atoms with Crippen LogP contribution >= 0.6 is 56.7 Å². The number of rotatable bonds is 13. The van der Waals surface area contributed by atoms with E-state index >= 15 is 0 Å². The molecule has 5 heterocycles. The van der Waals surface area contributed by atoms with E-state index in [1.54, 1.807) is 11.3 Å². The number of unbranched alkanes of at least 4 members (excludes halogenated alkanes) is 4. The normalized spacial score (nSPS) is 11.4. The van der Waals surface area contributed by atoms with E-state index in [9.17, 15) is 4.79 Å². The topological polar surface area (TPSA) is 17.1 Å². The molecule has 0 atom stereocenters. The van der Waals surface area contributed by atoms with Gasteiger partial charge in [-0.3, -0.25) is 4.79 Å². The fourth-order valence-electron chi connectivity index (χ4n) is 4.57. The third-order valence-corrected chi connectivity index (χ3v) is 12.6. The second-order valence-electron chi connectivity index (χ2n) is 9.30. The van der Waals surface area contributed by atoms with E-state index in [1.807, 2.05) is 45.3 Å². The maximum Gasteiger partial charge on any atom is 0.160 e. The van der Waals surface area contributed by atoms with Gasteiger partial charge in [0.25, 0.3) is 0 Å². The van der Waals surface area contributed by atoms with Crippen molar-refractivity contribution in [3.63, 3.8) is 0 Å². The van der Waals surface area contributed by atoms with E-state index in [0.717, 1.165) is 17.6 Å². The summed E-state index contributed by atoms with van der Waals surface area (Å²) in [5.41, 5.74) is 2.83. The van der Waals surface area contributed by atoms with Crippen LogP contribution in [0.2, 0.25) is 0 Å². The van der Waals surface area contributed by atoms with Gasteiger partial charge in [-0.2, -0.15) is 0 Å². The number of aldehydes is 1. The Bertz CT molecular complexity index is 1440. The Morgan fingerprint density at radius 1 is 0.595 bits per heavy atom. The largest absolute Gasteiger partial charge is 0.297 e. The minimum absolute atomic E-state index is 0.836. The van der Waals surface area contributed by atoms with Crippen molar-refractivity contribution >= 4 is 63.0 Å². The van der Waals surface area contributed by atoms with Crippen LogP contribution in [0.25, 0.3) is 39.0 Å². The standard InChI is InChI=1S/C31H32OS5/c1-3-5-7-9-21-17-18-33-30(21)28-15-13-26(36-28)24-11-12-25(35-24)27-14-16-29(37-27)31-22(10-8-6-4-2)19-23(20-32)34-31/h11-20H,3-10H2,1-2H3. The molecule has 5 rings (SSSR count). The summed E-state index contributed by atoms with van der Waals surface area (Å²) in [5.74, 6) is 0. The molecule has 0 saturated heterocycles. The summed E-state index contributed by atoms with van der Waals surface area (Å²) in [5, 5.41) is 2.24. The molecule has 0 unspecified atom stereocenters. The molecule has 192 valence electrons. The average molecular weight is 581 g/mol. The van der Waals surface area contributed by atoms with Crippen molar-refractivity contribution in [1.29, 1.82) is 0 Å². The Balaban J connectivity index is 1.34. The fraction of sp³-hybridized carbons (Fsp3) is 0.323. The summed E-state index contributed by atoms with van der Waals surface area (Å²) in [6, 6.07) is 18.0. The summed E-state index contributed by atoms with van der Waals surface area (Å²) in [6.07, 6.45) is 10.7. The van der Waals surface area contributed by atoms with E-state index in [-0.39, 0.29) is 0 Å². The first kappa shape index (κ1) is 26.8. The molecule has 0 aromatic carbocycles. The molecule has 1 nitrogen and oxygen atoms in total. The first-order valence-corrected chi connectivity index (χ1v) is 17.3. The Morgan fingerprint density at radius 3 is 1.68 bits per heavy atom. The van der Waals surface area contributed by atoms with Gasteiger partial charge < -0.3 is 0 Å². The van der Waals surface area contributed by atoms with Gasteiger partial charge in [0.15, 0.2) is 6.29 Å². The van der Waals surface area contributed by atoms with Crippen molar-refractivity contribution in [3.05, 3.63) is 69.9 Å². The smallest absolute Gasteiger partial charge is 0.160 e. The Hall–Kier alpha value is -1.83. The average Bonchev–Trinajstić information content (AvgIpc) is 3.72. The van der Waals surface area contributed by atoms with Gasteiger partial charge in [-0.1, -0.05) is 39.5 Å². The second kappa shape index (κ2) is 12.8. The molecule has 0 bridgehead atoms. The first-order valence-electron chi connectivity index (χ1n) is 13.1. The van der Waals surface area contributed by atoms with Gasteiger partial charge in [-0.25, -0.2) is 0 Å². The van der Waals surface area contributed by atoms with Crippen molar-refractivity contribution in [1.82, 2.24) is 0 Å². The van der Waals surface area contributed by atoms with Crippen molar-refractivity contribution in [2.24, 2.45) is 0 Å². The summed E-state index contributed by atoms with van der Waals surface area (Å²) in [4.78, 5) is 23.0. The monoisotopic (exact) mass is 580 g/mol. The van der Waals surface area contributed by atoms with Crippen LogP contribution in [-0.2, 0) is 12.8 Å². The van der Waals surface area contributed by atoms with Gasteiger partial charge in [-0.05, 0) is 90.7 Å². The zero-order valence-corrected chi connectivity index (χ0v) is 25.5. The van der Waals surface area contributed by atoms with Crippen LogP contribution in [0.1, 0.15) is 73.2 Å². The van der Waals surface area contributed by atoms with Crippen molar-refractivity contribution < 1.29 is 4.79 Å². The zero-order valence-electron chi connectivity index (χ0n) is 21.4. The number of hydrogen-bond acceptors (Lipinski definition) is 6. The number of thiophene rings is 5. The molecule has 0 amide bonds. The lowest BCUT2D eigenvalue weighted by atomic mass is 10.1. The molecule has 6 heteroatoms. The van der Waals surface area contributed by atoms with Crippen LogP contribution in [-0.4, -0.2) is 6.29 Å². The highest BCUT2D eigenvalue weighted by Gasteiger charge is 2.16. The Kier molecular flexibility index (Phi) is 9.27. The van der Waals surface area contributed by atoms with Crippen molar-refractivity contribution in [2.45, 2.75) is 65.2 Å². The second-order valence-corrected chi connectivity index (χ2v) is 14.6. The first-order chi connectivity index (χ1) is 18.2. The molecule has 0 aliphatic heterocycles. The third-order valence-electron chi connectivity index (χ3n) is 6.54. The Labute approximate surface area is 240 Å². The molecular formula is C31H32OS5. The Morgan fingerprint density at radius 2 is 1.11 bits per heavy atom. The third kappa shape index (κ3) is 6.26. The molecule has 0 fully saturated rings. The minimum Gasteiger partial charge on any atom is -0.297 e.